The normalized spacial score (nSPS) is 15.1. The topological polar surface area (TPSA) is 69.6 Å². The van der Waals surface area contributed by atoms with Gasteiger partial charge in [0.15, 0.2) is 5.82 Å². The van der Waals surface area contributed by atoms with Crippen molar-refractivity contribution >= 4 is 5.82 Å². The van der Waals surface area contributed by atoms with Crippen molar-refractivity contribution in [1.29, 1.82) is 0 Å². The van der Waals surface area contributed by atoms with Crippen molar-refractivity contribution in [2.75, 3.05) is 5.73 Å². The average molecular weight is 243 g/mol. The Hall–Kier alpha value is -1.91. The Bertz CT molecular complexity index is 610. The predicted molar refractivity (Wildman–Crippen MR) is 69.8 cm³/mol. The van der Waals surface area contributed by atoms with E-state index in [4.69, 9.17) is 5.73 Å². The van der Waals surface area contributed by atoms with Gasteiger partial charge in [0.2, 0.25) is 0 Å². The van der Waals surface area contributed by atoms with Crippen LogP contribution in [0.2, 0.25) is 0 Å². The number of rotatable bonds is 2. The van der Waals surface area contributed by atoms with Crippen LogP contribution in [0.25, 0.3) is 5.82 Å². The zero-order valence-corrected chi connectivity index (χ0v) is 10.9. The van der Waals surface area contributed by atoms with Gasteiger partial charge in [0.1, 0.15) is 11.6 Å². The number of nitrogens with two attached hydrogens (primary N) is 1. The molecule has 1 aliphatic carbocycles. The van der Waals surface area contributed by atoms with E-state index in [1.165, 1.54) is 12.8 Å². The summed E-state index contributed by atoms with van der Waals surface area (Å²) >= 11 is 0. The number of aromatic nitrogens is 4. The van der Waals surface area contributed by atoms with Gasteiger partial charge < -0.3 is 5.73 Å². The zero-order chi connectivity index (χ0) is 12.9. The number of hydrogen-bond acceptors (Lipinski definition) is 4. The minimum atomic E-state index is 0.489. The molecule has 0 aromatic carbocycles. The molecular weight excluding hydrogens is 226 g/mol. The minimum Gasteiger partial charge on any atom is -0.383 e. The maximum atomic E-state index is 5.99. The number of nitrogen functional groups attached to an aromatic ring is 1. The summed E-state index contributed by atoms with van der Waals surface area (Å²) < 4.78 is 1.86. The summed E-state index contributed by atoms with van der Waals surface area (Å²) in [7, 11) is 0. The summed E-state index contributed by atoms with van der Waals surface area (Å²) in [6.45, 7) is 5.94. The number of hydrogen-bond donors (Lipinski definition) is 1. The Morgan fingerprint density at radius 2 is 1.94 bits per heavy atom. The third kappa shape index (κ3) is 1.75. The molecule has 0 radical (unpaired) electrons. The molecule has 3 rings (SSSR count). The monoisotopic (exact) mass is 243 g/mol. The lowest BCUT2D eigenvalue weighted by Gasteiger charge is -2.10. The lowest BCUT2D eigenvalue weighted by atomic mass is 10.3. The standard InChI is InChI=1S/C13H17N5/c1-7-6-8(2)18(17-7)13-9(3)11(14)15-12(16-13)10-4-5-10/h6,10H,4-5H2,1-3H3,(H2,14,15,16). The van der Waals surface area contributed by atoms with E-state index in [2.05, 4.69) is 15.1 Å². The molecule has 1 saturated carbocycles. The van der Waals surface area contributed by atoms with E-state index in [0.717, 1.165) is 28.6 Å². The van der Waals surface area contributed by atoms with Crippen LogP contribution >= 0.6 is 0 Å². The minimum absolute atomic E-state index is 0.489. The largest absolute Gasteiger partial charge is 0.383 e. The van der Waals surface area contributed by atoms with E-state index in [9.17, 15) is 0 Å². The van der Waals surface area contributed by atoms with Crippen LogP contribution in [0.5, 0.6) is 0 Å². The van der Waals surface area contributed by atoms with Gasteiger partial charge in [0.05, 0.1) is 5.69 Å². The van der Waals surface area contributed by atoms with Crippen LogP contribution in [0.15, 0.2) is 6.07 Å². The summed E-state index contributed by atoms with van der Waals surface area (Å²) in [5.41, 5.74) is 8.93. The number of anilines is 1. The van der Waals surface area contributed by atoms with Crippen LogP contribution in [-0.4, -0.2) is 19.7 Å². The molecule has 5 nitrogen and oxygen atoms in total. The van der Waals surface area contributed by atoms with Crippen molar-refractivity contribution in [3.8, 4) is 5.82 Å². The van der Waals surface area contributed by atoms with Gasteiger partial charge in [-0.1, -0.05) is 0 Å². The second-order valence-electron chi connectivity index (χ2n) is 5.03. The molecule has 18 heavy (non-hydrogen) atoms. The van der Waals surface area contributed by atoms with E-state index in [0.29, 0.717) is 11.7 Å². The van der Waals surface area contributed by atoms with Gasteiger partial charge in [-0.25, -0.2) is 14.6 Å². The first-order chi connectivity index (χ1) is 8.56. The first kappa shape index (κ1) is 11.2. The third-order valence-electron chi connectivity index (χ3n) is 3.33. The highest BCUT2D eigenvalue weighted by molar-refractivity contribution is 5.49. The highest BCUT2D eigenvalue weighted by Gasteiger charge is 2.28. The third-order valence-corrected chi connectivity index (χ3v) is 3.33. The molecule has 5 heteroatoms. The van der Waals surface area contributed by atoms with E-state index >= 15 is 0 Å². The molecule has 0 atom stereocenters. The van der Waals surface area contributed by atoms with Crippen molar-refractivity contribution in [1.82, 2.24) is 19.7 Å². The highest BCUT2D eigenvalue weighted by Crippen LogP contribution is 2.39. The van der Waals surface area contributed by atoms with Crippen LogP contribution < -0.4 is 5.73 Å². The second kappa shape index (κ2) is 3.80. The summed E-state index contributed by atoms with van der Waals surface area (Å²) in [5.74, 6) is 2.73. The fourth-order valence-corrected chi connectivity index (χ4v) is 2.11. The van der Waals surface area contributed by atoms with Gasteiger partial charge >= 0.3 is 0 Å². The van der Waals surface area contributed by atoms with E-state index in [-0.39, 0.29) is 0 Å². The summed E-state index contributed by atoms with van der Waals surface area (Å²) in [6, 6.07) is 2.04. The first-order valence-electron chi connectivity index (χ1n) is 6.24. The number of aryl methyl sites for hydroxylation is 2. The molecule has 0 spiro atoms. The molecule has 0 saturated heterocycles. The van der Waals surface area contributed by atoms with Crippen LogP contribution in [-0.2, 0) is 0 Å². The molecule has 0 amide bonds. The smallest absolute Gasteiger partial charge is 0.162 e. The first-order valence-corrected chi connectivity index (χ1v) is 6.24. The quantitative estimate of drug-likeness (QED) is 0.876. The molecule has 1 aliphatic rings. The van der Waals surface area contributed by atoms with Crippen LogP contribution in [0.3, 0.4) is 0 Å². The highest BCUT2D eigenvalue weighted by atomic mass is 15.3. The molecule has 1 fully saturated rings. The van der Waals surface area contributed by atoms with Gasteiger partial charge in [-0.2, -0.15) is 5.10 Å². The number of nitrogens with zero attached hydrogens (tertiary/aromatic N) is 4. The molecule has 2 N–H and O–H groups in total. The molecule has 0 bridgehead atoms. The van der Waals surface area contributed by atoms with Crippen molar-refractivity contribution in [3.63, 3.8) is 0 Å². The fourth-order valence-electron chi connectivity index (χ4n) is 2.11. The molecule has 0 unspecified atom stereocenters. The van der Waals surface area contributed by atoms with Gasteiger partial charge in [-0.15, -0.1) is 0 Å². The Labute approximate surface area is 106 Å². The van der Waals surface area contributed by atoms with Gasteiger partial charge in [0.25, 0.3) is 0 Å². The molecular formula is C13H17N5. The van der Waals surface area contributed by atoms with Gasteiger partial charge in [-0.3, -0.25) is 0 Å². The Kier molecular flexibility index (Phi) is 2.36. The van der Waals surface area contributed by atoms with E-state index in [1.807, 2.05) is 31.5 Å². The Morgan fingerprint density at radius 1 is 1.22 bits per heavy atom. The average Bonchev–Trinajstić information content (AvgIpc) is 3.09. The van der Waals surface area contributed by atoms with E-state index in [1.54, 1.807) is 0 Å². The fraction of sp³-hybridized carbons (Fsp3) is 0.462. The summed E-state index contributed by atoms with van der Waals surface area (Å²) in [4.78, 5) is 9.03. The second-order valence-corrected chi connectivity index (χ2v) is 5.03. The van der Waals surface area contributed by atoms with Crippen LogP contribution in [0.4, 0.5) is 5.82 Å². The van der Waals surface area contributed by atoms with Crippen molar-refractivity contribution in [2.45, 2.75) is 39.5 Å². The SMILES string of the molecule is Cc1cc(C)n(-c2nc(C3CC3)nc(N)c2C)n1. The molecule has 0 aliphatic heterocycles. The summed E-state index contributed by atoms with van der Waals surface area (Å²) in [6.07, 6.45) is 2.33. The van der Waals surface area contributed by atoms with Crippen LogP contribution in [0, 0.1) is 20.8 Å². The van der Waals surface area contributed by atoms with Crippen LogP contribution in [0.1, 0.15) is 41.5 Å². The van der Waals surface area contributed by atoms with Gasteiger partial charge in [0, 0.05) is 17.2 Å². The maximum Gasteiger partial charge on any atom is 0.162 e. The van der Waals surface area contributed by atoms with E-state index < -0.39 is 0 Å². The van der Waals surface area contributed by atoms with Crippen molar-refractivity contribution in [2.24, 2.45) is 0 Å². The molecule has 94 valence electrons. The van der Waals surface area contributed by atoms with Crippen molar-refractivity contribution < 1.29 is 0 Å². The molecule has 2 heterocycles. The molecule has 2 aromatic heterocycles. The molecule has 2 aromatic rings. The van der Waals surface area contributed by atoms with Crippen molar-refractivity contribution in [3.05, 3.63) is 28.8 Å². The lowest BCUT2D eigenvalue weighted by Crippen LogP contribution is -2.11. The maximum absolute atomic E-state index is 5.99. The summed E-state index contributed by atoms with van der Waals surface area (Å²) in [5, 5.41) is 4.47. The Balaban J connectivity index is 2.18. The lowest BCUT2D eigenvalue weighted by molar-refractivity contribution is 0.774. The van der Waals surface area contributed by atoms with Gasteiger partial charge in [-0.05, 0) is 39.7 Å². The zero-order valence-electron chi connectivity index (χ0n) is 10.9. The predicted octanol–water partition coefficient (Wildman–Crippen LogP) is 2.05. The Morgan fingerprint density at radius 3 is 2.50 bits per heavy atom.